The molecule has 0 unspecified atom stereocenters. The van der Waals surface area contributed by atoms with Crippen LogP contribution in [0.25, 0.3) is 0 Å². The molecule has 0 radical (unpaired) electrons. The summed E-state index contributed by atoms with van der Waals surface area (Å²) in [7, 11) is 0. The number of H-pyrrole nitrogens is 1. The summed E-state index contributed by atoms with van der Waals surface area (Å²) in [5.41, 5.74) is 1.78. The number of thiazole rings is 1. The van der Waals surface area contributed by atoms with Gasteiger partial charge in [-0.1, -0.05) is 41.7 Å². The van der Waals surface area contributed by atoms with E-state index < -0.39 is 28.5 Å². The number of anilines is 1. The number of fused-ring (bicyclic) bond motifs is 9. The molecule has 12 heteroatoms. The van der Waals surface area contributed by atoms with E-state index in [1.165, 1.54) is 53.1 Å². The summed E-state index contributed by atoms with van der Waals surface area (Å²) >= 11 is 2.61. The van der Waals surface area contributed by atoms with Gasteiger partial charge in [-0.05, 0) is 60.1 Å². The van der Waals surface area contributed by atoms with Crippen LogP contribution in [0, 0.1) is 45.5 Å². The maximum absolute atomic E-state index is 13.9. The Bertz CT molecular complexity index is 1890. The van der Waals surface area contributed by atoms with E-state index >= 15 is 0 Å². The fourth-order valence-electron chi connectivity index (χ4n) is 7.97. The molecule has 1 saturated heterocycles. The van der Waals surface area contributed by atoms with E-state index in [1.807, 2.05) is 30.3 Å². The molecule has 2 saturated carbocycles. The van der Waals surface area contributed by atoms with Crippen LogP contribution in [-0.2, 0) is 16.2 Å². The average Bonchev–Trinajstić information content (AvgIpc) is 3.76. The Balaban J connectivity index is 1.23. The first-order chi connectivity index (χ1) is 21.3. The van der Waals surface area contributed by atoms with Crippen LogP contribution < -0.4 is 14.5 Å². The molecule has 9 nitrogen and oxygen atoms in total. The van der Waals surface area contributed by atoms with Gasteiger partial charge in [0.05, 0.1) is 27.5 Å². The predicted molar refractivity (Wildman–Crippen MR) is 161 cm³/mol. The van der Waals surface area contributed by atoms with Crippen LogP contribution in [0.2, 0.25) is 0 Å². The highest BCUT2D eigenvalue weighted by molar-refractivity contribution is 8.00. The second kappa shape index (κ2) is 10.1. The van der Waals surface area contributed by atoms with Crippen molar-refractivity contribution < 1.29 is 23.6 Å². The predicted octanol–water partition coefficient (Wildman–Crippen LogP) is 5.74. The Hall–Kier alpha value is -4.29. The van der Waals surface area contributed by atoms with Crippen LogP contribution in [0.5, 0.6) is 5.75 Å². The number of rotatable bonds is 6. The standard InChI is InChI=1S/C32H24FN3O6S2/c33-16-6-8-17(9-7-16)35-30(37)25-20-13-21(26(25)31(35)38)27-24(20)23(28-29(43-27)34-32(39)44-28)19-12-18(36(40)41)10-11-22(19)42-14-15-4-2-1-3-5-15/h1-12,20-21,23-27H,13-14H2,(H,34,39)/t20-,21-,23+,24+,25+,26+,27-/m1/s1. The van der Waals surface area contributed by atoms with Crippen molar-refractivity contribution in [3.8, 4) is 5.75 Å². The number of hydrogen-bond acceptors (Lipinski definition) is 8. The minimum absolute atomic E-state index is 0.0955. The zero-order chi connectivity index (χ0) is 30.3. The molecule has 2 amide bonds. The quantitative estimate of drug-likeness (QED) is 0.164. The molecule has 4 aliphatic rings. The number of aromatic nitrogens is 1. The minimum Gasteiger partial charge on any atom is -0.489 e. The highest BCUT2D eigenvalue weighted by atomic mass is 32.2. The number of nitro benzene ring substituents is 1. The van der Waals surface area contributed by atoms with Gasteiger partial charge in [-0.25, -0.2) is 4.39 Å². The number of aromatic amines is 1. The Morgan fingerprint density at radius 2 is 1.70 bits per heavy atom. The molecule has 3 fully saturated rings. The van der Waals surface area contributed by atoms with Crippen LogP contribution in [0.4, 0.5) is 15.8 Å². The molecule has 7 atom stereocenters. The van der Waals surface area contributed by atoms with Gasteiger partial charge < -0.3 is 9.72 Å². The lowest BCUT2D eigenvalue weighted by Crippen LogP contribution is -2.42. The van der Waals surface area contributed by atoms with Gasteiger partial charge in [0, 0.05) is 33.7 Å². The van der Waals surface area contributed by atoms with Gasteiger partial charge in [-0.3, -0.25) is 29.4 Å². The van der Waals surface area contributed by atoms with Gasteiger partial charge >= 0.3 is 4.87 Å². The van der Waals surface area contributed by atoms with E-state index in [-0.39, 0.29) is 52.0 Å². The fraction of sp³-hybridized carbons (Fsp3) is 0.281. The summed E-state index contributed by atoms with van der Waals surface area (Å²) in [6.07, 6.45) is 0.664. The number of nitro groups is 1. The summed E-state index contributed by atoms with van der Waals surface area (Å²) in [6, 6.07) is 19.5. The number of amides is 2. The van der Waals surface area contributed by atoms with Gasteiger partial charge in [-0.2, -0.15) is 0 Å². The van der Waals surface area contributed by atoms with E-state index in [4.69, 9.17) is 4.74 Å². The van der Waals surface area contributed by atoms with Gasteiger partial charge in [-0.15, -0.1) is 11.8 Å². The second-order valence-electron chi connectivity index (χ2n) is 11.7. The first kappa shape index (κ1) is 27.3. The van der Waals surface area contributed by atoms with Crippen molar-refractivity contribution in [2.45, 2.75) is 29.2 Å². The number of ether oxygens (including phenoxy) is 1. The van der Waals surface area contributed by atoms with Gasteiger partial charge in [0.1, 0.15) is 18.2 Å². The van der Waals surface area contributed by atoms with Crippen LogP contribution in [0.3, 0.4) is 0 Å². The molecule has 2 aliphatic heterocycles. The molecule has 3 heterocycles. The zero-order valence-electron chi connectivity index (χ0n) is 22.9. The van der Waals surface area contributed by atoms with Crippen LogP contribution >= 0.6 is 23.1 Å². The topological polar surface area (TPSA) is 123 Å². The summed E-state index contributed by atoms with van der Waals surface area (Å²) in [5, 5.41) is 12.5. The number of carbonyl (C=O) groups excluding carboxylic acids is 2. The van der Waals surface area contributed by atoms with E-state index in [0.29, 0.717) is 28.4 Å². The summed E-state index contributed by atoms with van der Waals surface area (Å²) in [5.74, 6) is -2.58. The lowest BCUT2D eigenvalue weighted by molar-refractivity contribution is -0.385. The Kier molecular flexibility index (Phi) is 6.28. The van der Waals surface area contributed by atoms with Crippen molar-refractivity contribution in [2.75, 3.05) is 4.90 Å². The number of imide groups is 1. The zero-order valence-corrected chi connectivity index (χ0v) is 24.6. The summed E-state index contributed by atoms with van der Waals surface area (Å²) < 4.78 is 20.0. The van der Waals surface area contributed by atoms with Crippen molar-refractivity contribution >= 4 is 46.3 Å². The third-order valence-electron chi connectivity index (χ3n) is 9.59. The van der Waals surface area contributed by atoms with E-state index in [9.17, 15) is 28.9 Å². The highest BCUT2D eigenvalue weighted by Crippen LogP contribution is 2.69. The Labute approximate surface area is 258 Å². The smallest absolute Gasteiger partial charge is 0.305 e. The van der Waals surface area contributed by atoms with E-state index in [1.54, 1.807) is 6.07 Å². The summed E-state index contributed by atoms with van der Waals surface area (Å²) in [4.78, 5) is 56.6. The lowest BCUT2D eigenvalue weighted by Gasteiger charge is -2.43. The number of benzene rings is 3. The first-order valence-electron chi connectivity index (χ1n) is 14.3. The van der Waals surface area contributed by atoms with Crippen molar-refractivity contribution in [1.29, 1.82) is 0 Å². The molecule has 2 aliphatic carbocycles. The molecule has 2 bridgehead atoms. The summed E-state index contributed by atoms with van der Waals surface area (Å²) in [6.45, 7) is 0.244. The average molecular weight is 630 g/mol. The largest absolute Gasteiger partial charge is 0.489 e. The van der Waals surface area contributed by atoms with Gasteiger partial charge in [0.25, 0.3) is 5.69 Å². The van der Waals surface area contributed by atoms with Crippen LogP contribution in [-0.4, -0.2) is 27.0 Å². The van der Waals surface area contributed by atoms with Crippen LogP contribution in [0.1, 0.15) is 28.3 Å². The number of nitrogens with zero attached hydrogens (tertiary/aromatic N) is 2. The van der Waals surface area contributed by atoms with Crippen LogP contribution in [0.15, 0.2) is 82.6 Å². The Morgan fingerprint density at radius 3 is 2.43 bits per heavy atom. The molecule has 0 spiro atoms. The maximum atomic E-state index is 13.9. The number of non-ortho nitro benzene ring substituents is 1. The lowest BCUT2D eigenvalue weighted by atomic mass is 9.68. The molecule has 8 rings (SSSR count). The van der Waals surface area contributed by atoms with E-state index in [0.717, 1.165) is 21.8 Å². The van der Waals surface area contributed by atoms with Gasteiger partial charge in [0.2, 0.25) is 11.8 Å². The fourth-order valence-corrected chi connectivity index (χ4v) is 10.8. The minimum atomic E-state index is -0.563. The van der Waals surface area contributed by atoms with Crippen molar-refractivity contribution in [3.05, 3.63) is 114 Å². The number of nitrogens with one attached hydrogen (secondary N) is 1. The molecule has 1 aromatic heterocycles. The first-order valence-corrected chi connectivity index (χ1v) is 16.0. The number of thioether (sulfide) groups is 1. The molecule has 1 N–H and O–H groups in total. The molecule has 222 valence electrons. The molecule has 4 aromatic rings. The normalized spacial score (nSPS) is 28.1. The number of carbonyl (C=O) groups is 2. The van der Waals surface area contributed by atoms with Gasteiger partial charge in [0.15, 0.2) is 0 Å². The molecular weight excluding hydrogens is 605 g/mol. The third-order valence-corrected chi connectivity index (χ3v) is 12.2. The molecular formula is C32H24FN3O6S2. The SMILES string of the molecule is O=C1[C@H]2[C@H]3C[C@@H]([C@@H]2C(=O)N1c1ccc(F)cc1)[C@H]1[C@H](c2cc([N+](=O)[O-])ccc2OCc2ccccc2)c2sc(=O)[nH]c2S[C@H]31. The molecule has 44 heavy (non-hydrogen) atoms. The number of hydrogen-bond donors (Lipinski definition) is 1. The highest BCUT2D eigenvalue weighted by Gasteiger charge is 2.70. The Morgan fingerprint density at radius 1 is 0.977 bits per heavy atom. The number of halogens is 1. The van der Waals surface area contributed by atoms with Crippen molar-refractivity contribution in [3.63, 3.8) is 0 Å². The third kappa shape index (κ3) is 4.07. The monoisotopic (exact) mass is 629 g/mol. The molecule has 3 aromatic carbocycles. The van der Waals surface area contributed by atoms with Crippen molar-refractivity contribution in [2.24, 2.45) is 29.6 Å². The van der Waals surface area contributed by atoms with E-state index in [2.05, 4.69) is 4.98 Å². The second-order valence-corrected chi connectivity index (χ2v) is 13.9. The maximum Gasteiger partial charge on any atom is 0.305 e. The van der Waals surface area contributed by atoms with Crippen molar-refractivity contribution in [1.82, 2.24) is 4.98 Å².